The highest BCUT2D eigenvalue weighted by molar-refractivity contribution is 7.86. The molecule has 0 radical (unpaired) electrons. The van der Waals surface area contributed by atoms with Crippen LogP contribution in [0, 0.1) is 0 Å². The van der Waals surface area contributed by atoms with Gasteiger partial charge in [-0.15, -0.1) is 0 Å². The van der Waals surface area contributed by atoms with Gasteiger partial charge in [0.1, 0.15) is 11.4 Å². The molecule has 1 aliphatic carbocycles. The Bertz CT molecular complexity index is 2070. The van der Waals surface area contributed by atoms with Crippen molar-refractivity contribution in [2.75, 3.05) is 18.0 Å². The predicted molar refractivity (Wildman–Crippen MR) is 186 cm³/mol. The zero-order valence-corrected chi connectivity index (χ0v) is 27.8. The first-order chi connectivity index (χ1) is 22.5. The molecule has 47 heavy (non-hydrogen) atoms. The normalized spacial score (nSPS) is 13.1. The molecule has 0 saturated heterocycles. The average Bonchev–Trinajstić information content (AvgIpc) is 3.07. The fourth-order valence-corrected chi connectivity index (χ4v) is 6.92. The van der Waals surface area contributed by atoms with Gasteiger partial charge in [-0.3, -0.25) is 9.11 Å². The summed E-state index contributed by atoms with van der Waals surface area (Å²) >= 11 is 0. The third-order valence-electron chi connectivity index (χ3n) is 8.04. The molecule has 0 aromatic heterocycles. The van der Waals surface area contributed by atoms with Crippen molar-refractivity contribution in [3.05, 3.63) is 155 Å². The lowest BCUT2D eigenvalue weighted by atomic mass is 9.90. The van der Waals surface area contributed by atoms with E-state index in [0.29, 0.717) is 29.8 Å². The van der Waals surface area contributed by atoms with Gasteiger partial charge in [0.15, 0.2) is 12.3 Å². The summed E-state index contributed by atoms with van der Waals surface area (Å²) in [4.78, 5) is 0.941. The largest absolute Gasteiger partial charge is 0.367 e. The highest BCUT2D eigenvalue weighted by atomic mass is 32.2. The SMILES string of the molecule is CCN(Cc1ccccc1)c1ccc(C(=C2C=CC(=[N+](CC)Cc3ccccc3)C=C2)c2ccc(S(=O)(=O)O)cc2S(=O)(=O)O)cc1. The highest BCUT2D eigenvalue weighted by Crippen LogP contribution is 2.36. The van der Waals surface area contributed by atoms with Gasteiger partial charge in [-0.05, 0) is 72.5 Å². The Hall–Kier alpha value is -4.61. The van der Waals surface area contributed by atoms with Gasteiger partial charge in [0.2, 0.25) is 0 Å². The minimum Gasteiger partial charge on any atom is -0.367 e. The van der Waals surface area contributed by atoms with Crippen LogP contribution in [-0.2, 0) is 33.3 Å². The topological polar surface area (TPSA) is 115 Å². The van der Waals surface area contributed by atoms with Gasteiger partial charge in [0, 0.05) is 42.1 Å². The summed E-state index contributed by atoms with van der Waals surface area (Å²) in [7, 11) is -9.65. The van der Waals surface area contributed by atoms with Crippen LogP contribution in [0.5, 0.6) is 0 Å². The molecule has 0 heterocycles. The summed E-state index contributed by atoms with van der Waals surface area (Å²) in [5.41, 5.74) is 6.11. The fourth-order valence-electron chi connectivity index (χ4n) is 5.62. The lowest BCUT2D eigenvalue weighted by Crippen LogP contribution is -2.21. The maximum atomic E-state index is 12.7. The monoisotopic (exact) mass is 669 g/mol. The average molecular weight is 670 g/mol. The van der Waals surface area contributed by atoms with Crippen molar-refractivity contribution < 1.29 is 30.5 Å². The maximum absolute atomic E-state index is 12.7. The molecule has 242 valence electrons. The molecule has 0 spiro atoms. The van der Waals surface area contributed by atoms with E-state index in [9.17, 15) is 25.9 Å². The van der Waals surface area contributed by atoms with Gasteiger partial charge < -0.3 is 4.90 Å². The minimum absolute atomic E-state index is 0.0914. The van der Waals surface area contributed by atoms with Crippen molar-refractivity contribution in [2.24, 2.45) is 0 Å². The summed E-state index contributed by atoms with van der Waals surface area (Å²) in [6.07, 6.45) is 7.66. The molecule has 0 fully saturated rings. The zero-order valence-electron chi connectivity index (χ0n) is 26.2. The Morgan fingerprint density at radius 3 is 1.83 bits per heavy atom. The molecule has 4 aromatic rings. The second-order valence-electron chi connectivity index (χ2n) is 11.1. The zero-order chi connectivity index (χ0) is 33.6. The van der Waals surface area contributed by atoms with Crippen LogP contribution in [-0.4, -0.2) is 49.3 Å². The number of hydrogen-bond acceptors (Lipinski definition) is 5. The first-order valence-electron chi connectivity index (χ1n) is 15.2. The smallest absolute Gasteiger partial charge is 0.295 e. The predicted octanol–water partition coefficient (Wildman–Crippen LogP) is 6.81. The molecular weight excluding hydrogens is 633 g/mol. The van der Waals surface area contributed by atoms with E-state index in [1.807, 2.05) is 85.0 Å². The Kier molecular flexibility index (Phi) is 10.4. The summed E-state index contributed by atoms with van der Waals surface area (Å²) in [5, 5.41) is 0. The molecule has 0 aliphatic heterocycles. The number of anilines is 1. The molecule has 4 aromatic carbocycles. The van der Waals surface area contributed by atoms with E-state index >= 15 is 0 Å². The van der Waals surface area contributed by atoms with E-state index in [2.05, 4.69) is 47.6 Å². The molecule has 2 N–H and O–H groups in total. The number of allylic oxidation sites excluding steroid dienone is 5. The van der Waals surface area contributed by atoms with E-state index in [4.69, 9.17) is 0 Å². The Morgan fingerprint density at radius 1 is 0.702 bits per heavy atom. The fraction of sp³-hybridized carbons (Fsp3) is 0.162. The van der Waals surface area contributed by atoms with Crippen LogP contribution in [0.4, 0.5) is 5.69 Å². The van der Waals surface area contributed by atoms with Gasteiger partial charge >= 0.3 is 0 Å². The highest BCUT2D eigenvalue weighted by Gasteiger charge is 2.25. The number of benzene rings is 4. The summed E-state index contributed by atoms with van der Waals surface area (Å²) in [6.45, 7) is 7.07. The van der Waals surface area contributed by atoms with Gasteiger partial charge in [-0.2, -0.15) is 16.8 Å². The minimum atomic E-state index is -4.91. The summed E-state index contributed by atoms with van der Waals surface area (Å²) in [5.74, 6) is 0. The molecule has 8 nitrogen and oxygen atoms in total. The Labute approximate surface area is 276 Å². The third kappa shape index (κ3) is 8.22. The first-order valence-corrected chi connectivity index (χ1v) is 18.1. The van der Waals surface area contributed by atoms with Crippen molar-refractivity contribution in [1.82, 2.24) is 0 Å². The third-order valence-corrected chi connectivity index (χ3v) is 9.78. The van der Waals surface area contributed by atoms with E-state index in [1.54, 1.807) is 0 Å². The molecule has 0 amide bonds. The van der Waals surface area contributed by atoms with E-state index < -0.39 is 30.0 Å². The van der Waals surface area contributed by atoms with Crippen molar-refractivity contribution in [2.45, 2.75) is 36.7 Å². The molecule has 10 heteroatoms. The van der Waals surface area contributed by atoms with Crippen molar-refractivity contribution in [1.29, 1.82) is 0 Å². The Morgan fingerprint density at radius 2 is 1.30 bits per heavy atom. The van der Waals surface area contributed by atoms with Crippen LogP contribution < -0.4 is 4.90 Å². The van der Waals surface area contributed by atoms with Crippen LogP contribution in [0.15, 0.2) is 143 Å². The second kappa shape index (κ2) is 14.4. The number of rotatable bonds is 11. The maximum Gasteiger partial charge on any atom is 0.295 e. The molecule has 0 unspecified atom stereocenters. The van der Waals surface area contributed by atoms with E-state index in [-0.39, 0.29) is 5.56 Å². The van der Waals surface area contributed by atoms with Gasteiger partial charge in [-0.25, -0.2) is 4.58 Å². The molecule has 5 rings (SSSR count). The van der Waals surface area contributed by atoms with Crippen LogP contribution in [0.1, 0.15) is 36.1 Å². The quantitative estimate of drug-likeness (QED) is 0.133. The molecule has 0 atom stereocenters. The lowest BCUT2D eigenvalue weighted by molar-refractivity contribution is -0.539. The second-order valence-corrected chi connectivity index (χ2v) is 13.9. The molecule has 1 aliphatic rings. The Balaban J connectivity index is 1.63. The van der Waals surface area contributed by atoms with Crippen LogP contribution in [0.2, 0.25) is 0 Å². The van der Waals surface area contributed by atoms with E-state index in [0.717, 1.165) is 47.7 Å². The standard InChI is InChI=1S/C37H36N2O6S2/c1-3-38(26-28-11-7-5-8-12-28)32-19-15-30(16-20-32)37(35-24-23-34(46(40,41)42)25-36(35)47(43,44)45)31-17-21-33(22-18-31)39(4-2)27-29-13-9-6-10-14-29/h5-25H,3-4,26-27H2,1-2H3,(H-,40,41,42,43,44,45)/p+1. The molecular formula is C37H37N2O6S2+. The van der Waals surface area contributed by atoms with Crippen LogP contribution in [0.25, 0.3) is 5.57 Å². The van der Waals surface area contributed by atoms with Crippen LogP contribution in [0.3, 0.4) is 0 Å². The van der Waals surface area contributed by atoms with Crippen molar-refractivity contribution in [3.63, 3.8) is 0 Å². The first kappa shape index (κ1) is 33.7. The summed E-state index contributed by atoms with van der Waals surface area (Å²) < 4.78 is 71.3. The van der Waals surface area contributed by atoms with Crippen molar-refractivity contribution in [3.8, 4) is 0 Å². The summed E-state index contributed by atoms with van der Waals surface area (Å²) in [6, 6.07) is 31.1. The lowest BCUT2D eigenvalue weighted by Gasteiger charge is -2.24. The van der Waals surface area contributed by atoms with Crippen molar-refractivity contribution >= 4 is 37.2 Å². The molecule has 0 bridgehead atoms. The van der Waals surface area contributed by atoms with Gasteiger partial charge in [-0.1, -0.05) is 78.9 Å². The molecule has 0 saturated carbocycles. The van der Waals surface area contributed by atoms with Gasteiger partial charge in [0.25, 0.3) is 20.2 Å². The number of nitrogens with zero attached hydrogens (tertiary/aromatic N) is 2. The van der Waals surface area contributed by atoms with Crippen LogP contribution >= 0.6 is 0 Å². The van der Waals surface area contributed by atoms with Gasteiger partial charge in [0.05, 0.1) is 4.90 Å². The van der Waals surface area contributed by atoms with E-state index in [1.165, 1.54) is 6.07 Å². The number of hydrogen-bond donors (Lipinski definition) is 2.